The van der Waals surface area contributed by atoms with Crippen LogP contribution in [-0.2, 0) is 9.53 Å². The van der Waals surface area contributed by atoms with Gasteiger partial charge in [-0.05, 0) is 38.1 Å². The first-order chi connectivity index (χ1) is 7.36. The highest BCUT2D eigenvalue weighted by molar-refractivity contribution is 5.76. The largest absolute Gasteiger partial charge is 0.464 e. The molecule has 0 amide bonds. The van der Waals surface area contributed by atoms with Crippen molar-refractivity contribution in [2.75, 3.05) is 13.2 Å². The molecule has 0 aromatic heterocycles. The maximum Gasteiger partial charge on any atom is 0.323 e. The van der Waals surface area contributed by atoms with Gasteiger partial charge in [0.15, 0.2) is 0 Å². The van der Waals surface area contributed by atoms with Crippen molar-refractivity contribution in [3.8, 4) is 0 Å². The molecule has 0 radical (unpaired) electrons. The van der Waals surface area contributed by atoms with Gasteiger partial charge in [-0.25, -0.2) is 0 Å². The summed E-state index contributed by atoms with van der Waals surface area (Å²) in [5, 5.41) is 3.17. The molecule has 1 atom stereocenters. The van der Waals surface area contributed by atoms with Crippen molar-refractivity contribution in [1.29, 1.82) is 0 Å². The van der Waals surface area contributed by atoms with Crippen molar-refractivity contribution in [2.45, 2.75) is 51.0 Å². The highest BCUT2D eigenvalue weighted by Gasteiger charge is 2.24. The minimum absolute atomic E-state index is 0.0198. The first-order valence-electron chi connectivity index (χ1n) is 6.26. The Balaban J connectivity index is 1.65. The standard InChI is InChI=1S/C12H21NO2/c14-12(11-7-4-8-13-11)15-9-10-5-2-1-3-6-10/h10-11,13H,1-9H2. The number of carbonyl (C=O) groups is 1. The van der Waals surface area contributed by atoms with Crippen LogP contribution in [0.3, 0.4) is 0 Å². The number of hydrogen-bond acceptors (Lipinski definition) is 3. The van der Waals surface area contributed by atoms with Crippen LogP contribution in [0.5, 0.6) is 0 Å². The molecule has 2 fully saturated rings. The van der Waals surface area contributed by atoms with Crippen molar-refractivity contribution < 1.29 is 9.53 Å². The molecule has 1 saturated heterocycles. The summed E-state index contributed by atoms with van der Waals surface area (Å²) in [5.41, 5.74) is 0. The Bertz CT molecular complexity index is 206. The average molecular weight is 211 g/mol. The number of carbonyl (C=O) groups excluding carboxylic acids is 1. The summed E-state index contributed by atoms with van der Waals surface area (Å²) in [6.07, 6.45) is 8.51. The Morgan fingerprint density at radius 3 is 2.60 bits per heavy atom. The van der Waals surface area contributed by atoms with E-state index >= 15 is 0 Å². The molecule has 1 aliphatic heterocycles. The zero-order valence-electron chi connectivity index (χ0n) is 9.34. The Labute approximate surface area is 91.6 Å². The van der Waals surface area contributed by atoms with Gasteiger partial charge in [0.1, 0.15) is 6.04 Å². The minimum atomic E-state index is -0.0296. The number of hydrogen-bond donors (Lipinski definition) is 1. The normalized spacial score (nSPS) is 27.9. The van der Waals surface area contributed by atoms with E-state index in [0.717, 1.165) is 19.4 Å². The van der Waals surface area contributed by atoms with Crippen LogP contribution in [0.1, 0.15) is 44.9 Å². The molecule has 2 rings (SSSR count). The molecule has 2 aliphatic rings. The van der Waals surface area contributed by atoms with E-state index in [0.29, 0.717) is 12.5 Å². The molecule has 0 aromatic rings. The molecule has 86 valence electrons. The molecule has 3 nitrogen and oxygen atoms in total. The fourth-order valence-corrected chi connectivity index (χ4v) is 2.54. The second-order valence-corrected chi connectivity index (χ2v) is 4.78. The monoisotopic (exact) mass is 211 g/mol. The molecule has 0 spiro atoms. The second kappa shape index (κ2) is 5.50. The summed E-state index contributed by atoms with van der Waals surface area (Å²) in [6, 6.07) is -0.0198. The maximum atomic E-state index is 11.6. The fourth-order valence-electron chi connectivity index (χ4n) is 2.54. The van der Waals surface area contributed by atoms with Crippen LogP contribution in [0.25, 0.3) is 0 Å². The summed E-state index contributed by atoms with van der Waals surface area (Å²) < 4.78 is 5.36. The third-order valence-electron chi connectivity index (χ3n) is 3.53. The SMILES string of the molecule is O=C(OCC1CCCCC1)C1CCCN1. The van der Waals surface area contributed by atoms with Gasteiger partial charge in [-0.3, -0.25) is 4.79 Å². The molecule has 1 N–H and O–H groups in total. The van der Waals surface area contributed by atoms with Crippen LogP contribution in [0.2, 0.25) is 0 Å². The van der Waals surface area contributed by atoms with Gasteiger partial charge in [0.2, 0.25) is 0 Å². The van der Waals surface area contributed by atoms with E-state index in [1.165, 1.54) is 32.1 Å². The lowest BCUT2D eigenvalue weighted by Crippen LogP contribution is -2.33. The first kappa shape index (κ1) is 10.9. The number of esters is 1. The summed E-state index contributed by atoms with van der Waals surface area (Å²) >= 11 is 0. The van der Waals surface area contributed by atoms with Crippen LogP contribution < -0.4 is 5.32 Å². The van der Waals surface area contributed by atoms with Crippen molar-refractivity contribution >= 4 is 5.97 Å². The predicted molar refractivity (Wildman–Crippen MR) is 58.6 cm³/mol. The van der Waals surface area contributed by atoms with Crippen molar-refractivity contribution in [2.24, 2.45) is 5.92 Å². The summed E-state index contributed by atoms with van der Waals surface area (Å²) in [4.78, 5) is 11.6. The van der Waals surface area contributed by atoms with E-state index in [1.807, 2.05) is 0 Å². The van der Waals surface area contributed by atoms with E-state index < -0.39 is 0 Å². The Morgan fingerprint density at radius 1 is 1.13 bits per heavy atom. The fraction of sp³-hybridized carbons (Fsp3) is 0.917. The van der Waals surface area contributed by atoms with Gasteiger partial charge in [-0.1, -0.05) is 19.3 Å². The summed E-state index contributed by atoms with van der Waals surface area (Å²) in [5.74, 6) is 0.599. The van der Waals surface area contributed by atoms with Gasteiger partial charge in [0.05, 0.1) is 6.61 Å². The first-order valence-corrected chi connectivity index (χ1v) is 6.26. The van der Waals surface area contributed by atoms with Crippen LogP contribution >= 0.6 is 0 Å². The molecule has 15 heavy (non-hydrogen) atoms. The van der Waals surface area contributed by atoms with E-state index in [2.05, 4.69) is 5.32 Å². The Kier molecular flexibility index (Phi) is 4.01. The summed E-state index contributed by atoms with van der Waals surface area (Å²) in [7, 11) is 0. The Morgan fingerprint density at radius 2 is 1.93 bits per heavy atom. The summed E-state index contributed by atoms with van der Waals surface area (Å²) in [6.45, 7) is 1.61. The van der Waals surface area contributed by atoms with Crippen molar-refractivity contribution in [3.63, 3.8) is 0 Å². The lowest BCUT2D eigenvalue weighted by Gasteiger charge is -2.21. The van der Waals surface area contributed by atoms with Crippen molar-refractivity contribution in [3.05, 3.63) is 0 Å². The maximum absolute atomic E-state index is 11.6. The number of nitrogens with one attached hydrogen (secondary N) is 1. The lowest BCUT2D eigenvalue weighted by molar-refractivity contribution is -0.147. The third-order valence-corrected chi connectivity index (χ3v) is 3.53. The van der Waals surface area contributed by atoms with E-state index in [1.54, 1.807) is 0 Å². The lowest BCUT2D eigenvalue weighted by atomic mass is 9.90. The Hall–Kier alpha value is -0.570. The minimum Gasteiger partial charge on any atom is -0.464 e. The highest BCUT2D eigenvalue weighted by Crippen LogP contribution is 2.23. The quantitative estimate of drug-likeness (QED) is 0.724. The van der Waals surface area contributed by atoms with E-state index in [-0.39, 0.29) is 12.0 Å². The smallest absolute Gasteiger partial charge is 0.323 e. The van der Waals surface area contributed by atoms with Crippen LogP contribution in [-0.4, -0.2) is 25.2 Å². The van der Waals surface area contributed by atoms with Gasteiger partial charge in [-0.2, -0.15) is 0 Å². The molecule has 1 saturated carbocycles. The molecular formula is C12H21NO2. The highest BCUT2D eigenvalue weighted by atomic mass is 16.5. The molecule has 3 heteroatoms. The van der Waals surface area contributed by atoms with E-state index in [4.69, 9.17) is 4.74 Å². The van der Waals surface area contributed by atoms with Crippen LogP contribution in [0.4, 0.5) is 0 Å². The van der Waals surface area contributed by atoms with Gasteiger partial charge in [0.25, 0.3) is 0 Å². The zero-order chi connectivity index (χ0) is 10.5. The van der Waals surface area contributed by atoms with Gasteiger partial charge in [0, 0.05) is 0 Å². The average Bonchev–Trinajstić information content (AvgIpc) is 2.81. The van der Waals surface area contributed by atoms with Gasteiger partial charge >= 0.3 is 5.97 Å². The third kappa shape index (κ3) is 3.20. The van der Waals surface area contributed by atoms with Crippen LogP contribution in [0, 0.1) is 5.92 Å². The zero-order valence-corrected chi connectivity index (χ0v) is 9.34. The molecule has 1 aliphatic carbocycles. The molecular weight excluding hydrogens is 190 g/mol. The van der Waals surface area contributed by atoms with Crippen molar-refractivity contribution in [1.82, 2.24) is 5.32 Å². The molecule has 1 heterocycles. The van der Waals surface area contributed by atoms with Gasteiger partial charge < -0.3 is 10.1 Å². The number of ether oxygens (including phenoxy) is 1. The molecule has 1 unspecified atom stereocenters. The molecule has 0 bridgehead atoms. The predicted octanol–water partition coefficient (Wildman–Crippen LogP) is 1.86. The molecule has 0 aromatic carbocycles. The van der Waals surface area contributed by atoms with E-state index in [9.17, 15) is 4.79 Å². The second-order valence-electron chi connectivity index (χ2n) is 4.78. The number of rotatable bonds is 3. The van der Waals surface area contributed by atoms with Gasteiger partial charge in [-0.15, -0.1) is 0 Å². The topological polar surface area (TPSA) is 38.3 Å². The van der Waals surface area contributed by atoms with Crippen LogP contribution in [0.15, 0.2) is 0 Å².